The average Bonchev–Trinajstić information content (AvgIpc) is 2.50. The molecule has 2 rings (SSSR count). The summed E-state index contributed by atoms with van der Waals surface area (Å²) in [5, 5.41) is 38.3. The van der Waals surface area contributed by atoms with Crippen LogP contribution < -0.4 is 4.74 Å². The normalized spacial score (nSPS) is 32.9. The van der Waals surface area contributed by atoms with Crippen molar-refractivity contribution in [3.63, 3.8) is 0 Å². The zero-order valence-electron chi connectivity index (χ0n) is 11.4. The van der Waals surface area contributed by atoms with Crippen LogP contribution >= 0.6 is 0 Å². The first-order valence-electron chi connectivity index (χ1n) is 6.77. The molecular formula is C14H20NO6-. The van der Waals surface area contributed by atoms with Crippen LogP contribution in [0.4, 0.5) is 0 Å². The van der Waals surface area contributed by atoms with Gasteiger partial charge in [-0.2, -0.15) is 0 Å². The molecule has 1 saturated heterocycles. The van der Waals surface area contributed by atoms with E-state index in [1.54, 1.807) is 24.3 Å². The number of benzene rings is 1. The van der Waals surface area contributed by atoms with Gasteiger partial charge in [0.1, 0.15) is 30.2 Å². The van der Waals surface area contributed by atoms with E-state index in [9.17, 15) is 15.3 Å². The zero-order valence-corrected chi connectivity index (χ0v) is 11.4. The molecule has 21 heavy (non-hydrogen) atoms. The number of ether oxygens (including phenoxy) is 2. The molecule has 1 aliphatic rings. The summed E-state index contributed by atoms with van der Waals surface area (Å²) in [5.41, 5.74) is 8.14. The fourth-order valence-electron chi connectivity index (χ4n) is 2.18. The molecule has 7 heteroatoms. The predicted octanol–water partition coefficient (Wildman–Crippen LogP) is -0.540. The minimum Gasteiger partial charge on any atom is -0.677 e. The minimum atomic E-state index is -1.46. The van der Waals surface area contributed by atoms with Gasteiger partial charge >= 0.3 is 0 Å². The van der Waals surface area contributed by atoms with E-state index in [1.165, 1.54) is 0 Å². The molecule has 0 aliphatic carbocycles. The SMILES string of the molecule is [NH-]CCc1ccc(O[C@H]2OC(CO)[C@@H](O)C(O)C2O)cc1. The summed E-state index contributed by atoms with van der Waals surface area (Å²) in [4.78, 5) is 0. The Morgan fingerprint density at radius 3 is 2.29 bits per heavy atom. The highest BCUT2D eigenvalue weighted by molar-refractivity contribution is 5.27. The highest BCUT2D eigenvalue weighted by Gasteiger charge is 2.44. The Balaban J connectivity index is 2.03. The molecule has 3 unspecified atom stereocenters. The first kappa shape index (κ1) is 16.2. The van der Waals surface area contributed by atoms with Crippen molar-refractivity contribution in [3.05, 3.63) is 35.6 Å². The van der Waals surface area contributed by atoms with Gasteiger partial charge in [-0.1, -0.05) is 12.1 Å². The summed E-state index contributed by atoms with van der Waals surface area (Å²) < 4.78 is 10.7. The molecule has 0 bridgehead atoms. The molecule has 1 aliphatic heterocycles. The smallest absolute Gasteiger partial charge is 0.229 e. The van der Waals surface area contributed by atoms with Crippen LogP contribution in [0.5, 0.6) is 5.75 Å². The standard InChI is InChI=1S/C14H20NO6/c15-6-5-8-1-3-9(4-2-8)20-14-13(19)12(18)11(17)10(7-16)21-14/h1-4,10-19H,5-7H2/q-1/t10?,11-,12?,13?,14+/m1/s1. The van der Waals surface area contributed by atoms with Gasteiger partial charge in [-0.15, -0.1) is 6.54 Å². The number of rotatable bonds is 5. The molecule has 5 atom stereocenters. The molecule has 118 valence electrons. The van der Waals surface area contributed by atoms with Crippen LogP contribution in [-0.4, -0.2) is 64.3 Å². The van der Waals surface area contributed by atoms with Crippen molar-refractivity contribution >= 4 is 0 Å². The second kappa shape index (κ2) is 7.17. The van der Waals surface area contributed by atoms with E-state index < -0.39 is 37.3 Å². The maximum absolute atomic E-state index is 9.85. The monoisotopic (exact) mass is 298 g/mol. The molecule has 1 aromatic carbocycles. The van der Waals surface area contributed by atoms with E-state index in [1.807, 2.05) is 0 Å². The fourth-order valence-corrected chi connectivity index (χ4v) is 2.18. The van der Waals surface area contributed by atoms with E-state index >= 15 is 0 Å². The van der Waals surface area contributed by atoms with Crippen molar-refractivity contribution in [2.24, 2.45) is 0 Å². The lowest BCUT2D eigenvalue weighted by molar-refractivity contribution is -0.277. The third kappa shape index (κ3) is 3.70. The summed E-state index contributed by atoms with van der Waals surface area (Å²) in [6.45, 7) is -0.194. The van der Waals surface area contributed by atoms with Crippen LogP contribution in [0.1, 0.15) is 5.56 Å². The lowest BCUT2D eigenvalue weighted by Gasteiger charge is -2.39. The molecule has 1 heterocycles. The van der Waals surface area contributed by atoms with Crippen molar-refractivity contribution in [1.29, 1.82) is 0 Å². The van der Waals surface area contributed by atoms with Gasteiger partial charge in [-0.05, 0) is 24.1 Å². The highest BCUT2D eigenvalue weighted by atomic mass is 16.7. The Hall–Kier alpha value is -1.22. The molecule has 0 aromatic heterocycles. The van der Waals surface area contributed by atoms with Crippen molar-refractivity contribution in [1.82, 2.24) is 0 Å². The first-order chi connectivity index (χ1) is 10.1. The fraction of sp³-hybridized carbons (Fsp3) is 0.571. The molecule has 1 fully saturated rings. The van der Waals surface area contributed by atoms with E-state index in [4.69, 9.17) is 20.3 Å². The number of aliphatic hydroxyl groups excluding tert-OH is 4. The molecule has 0 spiro atoms. The van der Waals surface area contributed by atoms with Gasteiger partial charge in [0, 0.05) is 0 Å². The largest absolute Gasteiger partial charge is 0.677 e. The summed E-state index contributed by atoms with van der Waals surface area (Å²) in [7, 11) is 0. The predicted molar refractivity (Wildman–Crippen MR) is 73.7 cm³/mol. The Bertz CT molecular complexity index is 438. The van der Waals surface area contributed by atoms with E-state index in [0.29, 0.717) is 18.7 Å². The maximum Gasteiger partial charge on any atom is 0.229 e. The second-order valence-corrected chi connectivity index (χ2v) is 4.96. The average molecular weight is 298 g/mol. The summed E-state index contributed by atoms with van der Waals surface area (Å²) in [6.07, 6.45) is -5.80. The molecule has 0 saturated carbocycles. The summed E-state index contributed by atoms with van der Waals surface area (Å²) in [5.74, 6) is 0.424. The zero-order chi connectivity index (χ0) is 15.4. The number of hydrogen-bond acceptors (Lipinski definition) is 6. The second-order valence-electron chi connectivity index (χ2n) is 4.96. The van der Waals surface area contributed by atoms with Crippen molar-refractivity contribution in [2.45, 2.75) is 37.1 Å². The highest BCUT2D eigenvalue weighted by Crippen LogP contribution is 2.24. The third-order valence-corrected chi connectivity index (χ3v) is 3.44. The van der Waals surface area contributed by atoms with Crippen LogP contribution in [0.2, 0.25) is 0 Å². The van der Waals surface area contributed by atoms with Crippen LogP contribution in [0.3, 0.4) is 0 Å². The molecular weight excluding hydrogens is 278 g/mol. The first-order valence-corrected chi connectivity index (χ1v) is 6.77. The van der Waals surface area contributed by atoms with Gasteiger partial charge in [0.15, 0.2) is 0 Å². The van der Waals surface area contributed by atoms with Crippen molar-refractivity contribution in [2.75, 3.05) is 13.2 Å². The Kier molecular flexibility index (Phi) is 5.51. The van der Waals surface area contributed by atoms with E-state index in [-0.39, 0.29) is 0 Å². The number of hydrogen-bond donors (Lipinski definition) is 4. The third-order valence-electron chi connectivity index (χ3n) is 3.44. The molecule has 0 amide bonds. The van der Waals surface area contributed by atoms with Gasteiger partial charge < -0.3 is 35.6 Å². The number of aliphatic hydroxyl groups is 4. The van der Waals surface area contributed by atoms with Crippen LogP contribution in [0.15, 0.2) is 24.3 Å². The van der Waals surface area contributed by atoms with E-state index in [2.05, 4.69) is 0 Å². The topological polar surface area (TPSA) is 123 Å². The Morgan fingerprint density at radius 1 is 1.05 bits per heavy atom. The summed E-state index contributed by atoms with van der Waals surface area (Å²) in [6, 6.07) is 6.95. The van der Waals surface area contributed by atoms with Crippen LogP contribution in [0.25, 0.3) is 5.73 Å². The Labute approximate surface area is 122 Å². The molecule has 5 N–H and O–H groups in total. The van der Waals surface area contributed by atoms with Gasteiger partial charge in [0.05, 0.1) is 6.61 Å². The van der Waals surface area contributed by atoms with Crippen molar-refractivity contribution < 1.29 is 29.9 Å². The van der Waals surface area contributed by atoms with Crippen molar-refractivity contribution in [3.8, 4) is 5.75 Å². The van der Waals surface area contributed by atoms with Gasteiger partial charge in [-0.3, -0.25) is 0 Å². The quantitative estimate of drug-likeness (QED) is 0.579. The maximum atomic E-state index is 9.85. The van der Waals surface area contributed by atoms with Crippen LogP contribution in [0, 0.1) is 0 Å². The number of nitrogens with one attached hydrogen (secondary N) is 1. The molecule has 1 aromatic rings. The molecule has 7 nitrogen and oxygen atoms in total. The van der Waals surface area contributed by atoms with Gasteiger partial charge in [0.25, 0.3) is 0 Å². The minimum absolute atomic E-state index is 0.299. The molecule has 0 radical (unpaired) electrons. The van der Waals surface area contributed by atoms with Crippen LogP contribution in [-0.2, 0) is 11.2 Å². The van der Waals surface area contributed by atoms with Gasteiger partial charge in [0.2, 0.25) is 6.29 Å². The van der Waals surface area contributed by atoms with E-state index in [0.717, 1.165) is 5.56 Å². The lowest BCUT2D eigenvalue weighted by Crippen LogP contribution is -2.60. The summed E-state index contributed by atoms with van der Waals surface area (Å²) >= 11 is 0. The van der Waals surface area contributed by atoms with Gasteiger partial charge in [-0.25, -0.2) is 0 Å². The lowest BCUT2D eigenvalue weighted by atomic mass is 9.99. The Morgan fingerprint density at radius 2 is 1.71 bits per heavy atom.